The van der Waals surface area contributed by atoms with Crippen LogP contribution >= 0.6 is 0 Å². The number of nitrogens with zero attached hydrogens (tertiary/aromatic N) is 2. The summed E-state index contributed by atoms with van der Waals surface area (Å²) in [6.07, 6.45) is 1.51. The first-order valence-corrected chi connectivity index (χ1v) is 8.66. The van der Waals surface area contributed by atoms with Crippen LogP contribution in [0.2, 0.25) is 0 Å². The summed E-state index contributed by atoms with van der Waals surface area (Å²) in [5, 5.41) is 13.6. The van der Waals surface area contributed by atoms with Gasteiger partial charge in [-0.2, -0.15) is 0 Å². The average Bonchev–Trinajstić information content (AvgIpc) is 2.66. The Morgan fingerprint density at radius 2 is 1.79 bits per heavy atom. The number of non-ortho nitro benzene ring substituents is 1. The van der Waals surface area contributed by atoms with Gasteiger partial charge >= 0.3 is 0 Å². The molecule has 0 aliphatic rings. The highest BCUT2D eigenvalue weighted by Crippen LogP contribution is 2.21. The van der Waals surface area contributed by atoms with Crippen molar-refractivity contribution in [2.75, 3.05) is 5.32 Å². The summed E-state index contributed by atoms with van der Waals surface area (Å²) in [6.45, 7) is 4.03. The van der Waals surface area contributed by atoms with Crippen molar-refractivity contribution in [2.45, 2.75) is 20.4 Å². The van der Waals surface area contributed by atoms with Gasteiger partial charge in [-0.05, 0) is 37.1 Å². The lowest BCUT2D eigenvalue weighted by Crippen LogP contribution is -2.22. The van der Waals surface area contributed by atoms with Crippen molar-refractivity contribution in [3.63, 3.8) is 0 Å². The van der Waals surface area contributed by atoms with E-state index in [2.05, 4.69) is 5.32 Å². The summed E-state index contributed by atoms with van der Waals surface area (Å²) < 4.78 is 1.47. The highest BCUT2D eigenvalue weighted by molar-refractivity contribution is 6.04. The maximum atomic E-state index is 12.6. The van der Waals surface area contributed by atoms with E-state index in [1.165, 1.54) is 41.1 Å². The molecule has 0 saturated carbocycles. The smallest absolute Gasteiger partial charge is 0.269 e. The molecule has 3 rings (SSSR count). The number of nitro groups is 1. The number of aromatic nitrogens is 1. The number of benzene rings is 2. The van der Waals surface area contributed by atoms with Crippen molar-refractivity contribution in [1.82, 2.24) is 4.57 Å². The summed E-state index contributed by atoms with van der Waals surface area (Å²) in [7, 11) is 0. The number of nitrogens with one attached hydrogen (secondary N) is 1. The first kappa shape index (κ1) is 19.0. The van der Waals surface area contributed by atoms with Crippen LogP contribution in [0.1, 0.15) is 27.0 Å². The minimum absolute atomic E-state index is 0.0397. The number of aryl methyl sites for hydroxylation is 2. The Morgan fingerprint density at radius 1 is 1.07 bits per heavy atom. The lowest BCUT2D eigenvalue weighted by atomic mass is 10.1. The van der Waals surface area contributed by atoms with E-state index in [0.717, 1.165) is 11.1 Å². The third kappa shape index (κ3) is 4.32. The number of anilines is 1. The zero-order valence-electron chi connectivity index (χ0n) is 15.5. The number of pyridine rings is 1. The minimum Gasteiger partial charge on any atom is -0.322 e. The van der Waals surface area contributed by atoms with Gasteiger partial charge in [0.1, 0.15) is 0 Å². The Balaban J connectivity index is 1.81. The zero-order chi connectivity index (χ0) is 20.3. The maximum Gasteiger partial charge on any atom is 0.269 e. The molecule has 1 aromatic heterocycles. The first-order chi connectivity index (χ1) is 13.3. The molecular weight excluding hydrogens is 358 g/mol. The standard InChI is InChI=1S/C21H19N3O4/c1-14-3-5-16(6-4-14)12-23-13-17(7-10-20(23)25)21(26)22-19-9-8-18(24(27)28)11-15(19)2/h3-11,13H,12H2,1-2H3,(H,22,26). The van der Waals surface area contributed by atoms with Crippen molar-refractivity contribution >= 4 is 17.3 Å². The van der Waals surface area contributed by atoms with Gasteiger partial charge in [0, 0.05) is 30.1 Å². The van der Waals surface area contributed by atoms with Gasteiger partial charge in [0.2, 0.25) is 0 Å². The SMILES string of the molecule is Cc1ccc(Cn2cc(C(=O)Nc3ccc([N+](=O)[O-])cc3C)ccc2=O)cc1. The molecule has 0 saturated heterocycles. The zero-order valence-corrected chi connectivity index (χ0v) is 15.5. The molecule has 0 atom stereocenters. The van der Waals surface area contributed by atoms with Crippen molar-refractivity contribution in [2.24, 2.45) is 0 Å². The second kappa shape index (κ2) is 7.87. The van der Waals surface area contributed by atoms with E-state index in [4.69, 9.17) is 0 Å². The summed E-state index contributed by atoms with van der Waals surface area (Å²) in [6, 6.07) is 14.9. The van der Waals surface area contributed by atoms with E-state index in [1.807, 2.05) is 31.2 Å². The van der Waals surface area contributed by atoms with Crippen LogP contribution in [-0.2, 0) is 6.54 Å². The number of rotatable bonds is 5. The molecule has 142 valence electrons. The van der Waals surface area contributed by atoms with Crippen molar-refractivity contribution in [3.05, 3.63) is 104 Å². The monoisotopic (exact) mass is 377 g/mol. The highest BCUT2D eigenvalue weighted by Gasteiger charge is 2.12. The van der Waals surface area contributed by atoms with Gasteiger partial charge in [-0.3, -0.25) is 19.7 Å². The highest BCUT2D eigenvalue weighted by atomic mass is 16.6. The lowest BCUT2D eigenvalue weighted by Gasteiger charge is -2.11. The minimum atomic E-state index is -0.487. The Bertz CT molecular complexity index is 1100. The topological polar surface area (TPSA) is 94.2 Å². The van der Waals surface area contributed by atoms with Gasteiger partial charge < -0.3 is 9.88 Å². The summed E-state index contributed by atoms with van der Waals surface area (Å²) in [5.74, 6) is -0.394. The van der Waals surface area contributed by atoms with Crippen LogP contribution in [0.3, 0.4) is 0 Å². The number of carbonyl (C=O) groups excluding carboxylic acids is 1. The molecule has 0 bridgehead atoms. The van der Waals surface area contributed by atoms with E-state index in [9.17, 15) is 19.7 Å². The number of carbonyl (C=O) groups is 1. The number of hydrogen-bond donors (Lipinski definition) is 1. The Kier molecular flexibility index (Phi) is 5.35. The largest absolute Gasteiger partial charge is 0.322 e. The van der Waals surface area contributed by atoms with E-state index in [0.29, 0.717) is 23.4 Å². The number of hydrogen-bond acceptors (Lipinski definition) is 4. The molecule has 7 nitrogen and oxygen atoms in total. The van der Waals surface area contributed by atoms with Crippen LogP contribution in [0.5, 0.6) is 0 Å². The number of amides is 1. The Morgan fingerprint density at radius 3 is 2.43 bits per heavy atom. The molecule has 2 aromatic carbocycles. The molecule has 7 heteroatoms. The second-order valence-electron chi connectivity index (χ2n) is 6.58. The van der Waals surface area contributed by atoms with E-state index in [1.54, 1.807) is 6.92 Å². The van der Waals surface area contributed by atoms with E-state index >= 15 is 0 Å². The molecule has 1 heterocycles. The van der Waals surface area contributed by atoms with Crippen LogP contribution in [0.4, 0.5) is 11.4 Å². The molecule has 1 amide bonds. The van der Waals surface area contributed by atoms with Crippen LogP contribution in [0.25, 0.3) is 0 Å². The summed E-state index contributed by atoms with van der Waals surface area (Å²) >= 11 is 0. The first-order valence-electron chi connectivity index (χ1n) is 8.66. The summed E-state index contributed by atoms with van der Waals surface area (Å²) in [5.41, 5.74) is 3.22. The van der Waals surface area contributed by atoms with Crippen molar-refractivity contribution < 1.29 is 9.72 Å². The molecule has 0 radical (unpaired) electrons. The number of nitro benzene ring substituents is 1. The predicted octanol–water partition coefficient (Wildman–Crippen LogP) is 3.67. The third-order valence-corrected chi connectivity index (χ3v) is 4.39. The predicted molar refractivity (Wildman–Crippen MR) is 107 cm³/mol. The molecule has 3 aromatic rings. The molecule has 28 heavy (non-hydrogen) atoms. The fourth-order valence-electron chi connectivity index (χ4n) is 2.78. The fraction of sp³-hybridized carbons (Fsp3) is 0.143. The van der Waals surface area contributed by atoms with Gasteiger partial charge in [-0.15, -0.1) is 0 Å². The van der Waals surface area contributed by atoms with E-state index < -0.39 is 10.8 Å². The van der Waals surface area contributed by atoms with Crippen LogP contribution < -0.4 is 10.9 Å². The van der Waals surface area contributed by atoms with Gasteiger partial charge in [0.05, 0.1) is 17.0 Å². The van der Waals surface area contributed by atoms with Crippen LogP contribution in [0.15, 0.2) is 65.6 Å². The van der Waals surface area contributed by atoms with Crippen LogP contribution in [-0.4, -0.2) is 15.4 Å². The molecule has 0 unspecified atom stereocenters. The lowest BCUT2D eigenvalue weighted by molar-refractivity contribution is -0.384. The quantitative estimate of drug-likeness (QED) is 0.542. The van der Waals surface area contributed by atoms with E-state index in [-0.39, 0.29) is 11.2 Å². The van der Waals surface area contributed by atoms with Gasteiger partial charge in [0.25, 0.3) is 17.2 Å². The van der Waals surface area contributed by atoms with Gasteiger partial charge in [-0.25, -0.2) is 0 Å². The Labute approximate surface area is 161 Å². The Hall–Kier alpha value is -3.74. The van der Waals surface area contributed by atoms with Crippen LogP contribution in [0, 0.1) is 24.0 Å². The molecule has 1 N–H and O–H groups in total. The molecule has 0 aliphatic heterocycles. The molecule has 0 aliphatic carbocycles. The average molecular weight is 377 g/mol. The van der Waals surface area contributed by atoms with Crippen molar-refractivity contribution in [1.29, 1.82) is 0 Å². The summed E-state index contributed by atoms with van der Waals surface area (Å²) in [4.78, 5) is 35.1. The molecule has 0 spiro atoms. The maximum absolute atomic E-state index is 12.6. The molecule has 0 fully saturated rings. The fourth-order valence-corrected chi connectivity index (χ4v) is 2.78. The third-order valence-electron chi connectivity index (χ3n) is 4.39. The van der Waals surface area contributed by atoms with Gasteiger partial charge in [-0.1, -0.05) is 29.8 Å². The van der Waals surface area contributed by atoms with Crippen molar-refractivity contribution in [3.8, 4) is 0 Å². The normalized spacial score (nSPS) is 10.5. The van der Waals surface area contributed by atoms with Gasteiger partial charge in [0.15, 0.2) is 0 Å². The second-order valence-corrected chi connectivity index (χ2v) is 6.58. The molecular formula is C21H19N3O4.